The highest BCUT2D eigenvalue weighted by Crippen LogP contribution is 2.29. The van der Waals surface area contributed by atoms with E-state index in [1.165, 1.54) is 0 Å². The molecule has 4 aromatic rings. The molecular weight excluding hydrogens is 424 g/mol. The summed E-state index contributed by atoms with van der Waals surface area (Å²) in [7, 11) is 0. The maximum Gasteiger partial charge on any atom is 0.257 e. The zero-order chi connectivity index (χ0) is 23.9. The molecule has 0 saturated heterocycles. The Balaban J connectivity index is 1.66. The number of aromatic amines is 1. The molecule has 2 aromatic heterocycles. The Hall–Kier alpha value is -3.61. The fourth-order valence-corrected chi connectivity index (χ4v) is 4.27. The van der Waals surface area contributed by atoms with Crippen molar-refractivity contribution in [3.05, 3.63) is 81.5 Å². The molecule has 0 spiro atoms. The van der Waals surface area contributed by atoms with E-state index in [-0.39, 0.29) is 5.56 Å². The number of aryl methyl sites for hydroxylation is 2. The third-order valence-corrected chi connectivity index (χ3v) is 6.22. The smallest absolute Gasteiger partial charge is 0.257 e. The quantitative estimate of drug-likeness (QED) is 0.357. The first-order chi connectivity index (χ1) is 16.6. The number of H-pyrrole nitrogens is 1. The number of hydrogen-bond acceptors (Lipinski definition) is 5. The van der Waals surface area contributed by atoms with Gasteiger partial charge in [-0.25, -0.2) is 10.1 Å². The van der Waals surface area contributed by atoms with E-state index in [1.54, 1.807) is 0 Å². The molecule has 0 radical (unpaired) electrons. The van der Waals surface area contributed by atoms with Crippen molar-refractivity contribution in [1.29, 1.82) is 0 Å². The Bertz CT molecular complexity index is 1280. The molecule has 4 rings (SSSR count). The van der Waals surface area contributed by atoms with Crippen LogP contribution in [0.25, 0.3) is 22.5 Å². The summed E-state index contributed by atoms with van der Waals surface area (Å²) in [5.41, 5.74) is 5.99. The first kappa shape index (κ1) is 23.5. The van der Waals surface area contributed by atoms with Crippen LogP contribution < -0.4 is 5.56 Å². The van der Waals surface area contributed by atoms with Crippen LogP contribution in [0, 0.1) is 6.92 Å². The summed E-state index contributed by atoms with van der Waals surface area (Å²) in [5.74, 6) is 1.52. The molecule has 7 heteroatoms. The van der Waals surface area contributed by atoms with Crippen LogP contribution in [0.2, 0.25) is 0 Å². The van der Waals surface area contributed by atoms with Crippen molar-refractivity contribution < 1.29 is 0 Å². The van der Waals surface area contributed by atoms with Crippen molar-refractivity contribution in [3.63, 3.8) is 0 Å². The molecule has 0 aliphatic rings. The number of hydrogen-bond donors (Lipinski definition) is 1. The molecule has 176 valence electrons. The lowest BCUT2D eigenvalue weighted by molar-refractivity contribution is 0.618. The second kappa shape index (κ2) is 11.0. The molecule has 0 fully saturated rings. The van der Waals surface area contributed by atoms with Crippen molar-refractivity contribution in [1.82, 2.24) is 30.2 Å². The van der Waals surface area contributed by atoms with E-state index >= 15 is 0 Å². The van der Waals surface area contributed by atoms with E-state index < -0.39 is 0 Å². The summed E-state index contributed by atoms with van der Waals surface area (Å²) in [6.45, 7) is 6.81. The van der Waals surface area contributed by atoms with Crippen LogP contribution in [0.5, 0.6) is 0 Å². The van der Waals surface area contributed by atoms with Crippen LogP contribution >= 0.6 is 0 Å². The number of aromatic nitrogens is 6. The molecule has 34 heavy (non-hydrogen) atoms. The monoisotopic (exact) mass is 456 g/mol. The zero-order valence-electron chi connectivity index (χ0n) is 20.2. The molecule has 1 N–H and O–H groups in total. The summed E-state index contributed by atoms with van der Waals surface area (Å²) in [4.78, 5) is 18.3. The maximum absolute atomic E-state index is 13.4. The molecule has 7 nitrogen and oxygen atoms in total. The number of nitrogens with one attached hydrogen (secondary N) is 1. The third kappa shape index (κ3) is 5.14. The summed E-state index contributed by atoms with van der Waals surface area (Å²) >= 11 is 0. The first-order valence-electron chi connectivity index (χ1n) is 12.1. The summed E-state index contributed by atoms with van der Waals surface area (Å²) in [5, 5.41) is 14.3. The van der Waals surface area contributed by atoms with Crippen molar-refractivity contribution in [2.24, 2.45) is 0 Å². The molecule has 2 aromatic carbocycles. The van der Waals surface area contributed by atoms with E-state index in [0.717, 1.165) is 77.9 Å². The highest BCUT2D eigenvalue weighted by atomic mass is 16.1. The average Bonchev–Trinajstić information content (AvgIpc) is 3.40. The summed E-state index contributed by atoms with van der Waals surface area (Å²) < 4.78 is 1.89. The Kier molecular flexibility index (Phi) is 7.62. The van der Waals surface area contributed by atoms with Crippen molar-refractivity contribution in [2.75, 3.05) is 0 Å². The van der Waals surface area contributed by atoms with E-state index in [4.69, 9.17) is 4.98 Å². The van der Waals surface area contributed by atoms with Gasteiger partial charge in [-0.2, -0.15) is 0 Å². The van der Waals surface area contributed by atoms with E-state index in [1.807, 2.05) is 29.7 Å². The minimum atomic E-state index is 0.110. The van der Waals surface area contributed by atoms with Crippen LogP contribution in [0.15, 0.2) is 53.3 Å². The molecular formula is C27H32N6O. The molecule has 0 aliphatic heterocycles. The molecule has 0 amide bonds. The minimum Gasteiger partial charge on any atom is -0.292 e. The molecule has 2 heterocycles. The molecule has 0 bridgehead atoms. The Labute approximate surface area is 200 Å². The number of tetrazole rings is 1. The average molecular weight is 457 g/mol. The molecule has 0 saturated carbocycles. The van der Waals surface area contributed by atoms with Crippen LogP contribution in [0.4, 0.5) is 0 Å². The predicted octanol–water partition coefficient (Wildman–Crippen LogP) is 5.13. The predicted molar refractivity (Wildman–Crippen MR) is 135 cm³/mol. The highest BCUT2D eigenvalue weighted by molar-refractivity contribution is 5.80. The van der Waals surface area contributed by atoms with Crippen molar-refractivity contribution in [2.45, 2.75) is 65.8 Å². The number of nitrogens with zero attached hydrogens (tertiary/aromatic N) is 5. The third-order valence-electron chi connectivity index (χ3n) is 6.22. The topological polar surface area (TPSA) is 89.3 Å². The van der Waals surface area contributed by atoms with Gasteiger partial charge in [0.1, 0.15) is 5.82 Å². The maximum atomic E-state index is 13.4. The fraction of sp³-hybridized carbons (Fsp3) is 0.370. The van der Waals surface area contributed by atoms with Gasteiger partial charge in [-0.15, -0.1) is 5.10 Å². The number of unbranched alkanes of at least 4 members (excludes halogenated alkanes) is 2. The van der Waals surface area contributed by atoms with Gasteiger partial charge in [0.05, 0.1) is 6.54 Å². The van der Waals surface area contributed by atoms with Gasteiger partial charge in [-0.3, -0.25) is 9.36 Å². The van der Waals surface area contributed by atoms with Crippen molar-refractivity contribution >= 4 is 0 Å². The second-order valence-electron chi connectivity index (χ2n) is 8.68. The lowest BCUT2D eigenvalue weighted by atomic mass is 9.98. The standard InChI is InChI=1S/C27H32N6O/c1-4-6-10-22-19(3)28-25(13-7-5-2)33(27(22)34)18-20-14-16-21(17-15-20)23-11-8-9-12-24(23)26-29-31-32-30-26/h8-9,11-12,14-17H,4-7,10,13,18H2,1-3H3,(H,29,30,31,32). The van der Waals surface area contributed by atoms with Crippen LogP contribution in [0.3, 0.4) is 0 Å². The zero-order valence-corrected chi connectivity index (χ0v) is 20.2. The van der Waals surface area contributed by atoms with E-state index in [9.17, 15) is 4.79 Å². The summed E-state index contributed by atoms with van der Waals surface area (Å²) in [6, 6.07) is 16.4. The van der Waals surface area contributed by atoms with Gasteiger partial charge in [-0.1, -0.05) is 75.2 Å². The number of rotatable bonds is 10. The van der Waals surface area contributed by atoms with Gasteiger partial charge in [0.25, 0.3) is 5.56 Å². The van der Waals surface area contributed by atoms with Gasteiger partial charge < -0.3 is 0 Å². The molecule has 0 unspecified atom stereocenters. The van der Waals surface area contributed by atoms with Crippen LogP contribution in [-0.4, -0.2) is 30.2 Å². The Morgan fingerprint density at radius 3 is 2.29 bits per heavy atom. The minimum absolute atomic E-state index is 0.110. The summed E-state index contributed by atoms with van der Waals surface area (Å²) in [6.07, 6.45) is 5.75. The van der Waals surface area contributed by atoms with Gasteiger partial charge >= 0.3 is 0 Å². The largest absolute Gasteiger partial charge is 0.292 e. The van der Waals surface area contributed by atoms with Gasteiger partial charge in [0.2, 0.25) is 0 Å². The Morgan fingerprint density at radius 1 is 0.912 bits per heavy atom. The van der Waals surface area contributed by atoms with E-state index in [0.29, 0.717) is 12.4 Å². The lowest BCUT2D eigenvalue weighted by Gasteiger charge is -2.16. The van der Waals surface area contributed by atoms with Gasteiger partial charge in [0.15, 0.2) is 5.82 Å². The lowest BCUT2D eigenvalue weighted by Crippen LogP contribution is -2.30. The van der Waals surface area contributed by atoms with Crippen molar-refractivity contribution in [3.8, 4) is 22.5 Å². The molecule has 0 atom stereocenters. The second-order valence-corrected chi connectivity index (χ2v) is 8.68. The fourth-order valence-electron chi connectivity index (χ4n) is 4.27. The van der Waals surface area contributed by atoms with Gasteiger partial charge in [-0.05, 0) is 53.3 Å². The highest BCUT2D eigenvalue weighted by Gasteiger charge is 2.15. The van der Waals surface area contributed by atoms with Crippen LogP contribution in [-0.2, 0) is 19.4 Å². The molecule has 0 aliphatic carbocycles. The van der Waals surface area contributed by atoms with Gasteiger partial charge in [0, 0.05) is 23.2 Å². The SMILES string of the molecule is CCCCc1c(C)nc(CCCC)n(Cc2ccc(-c3ccccc3-c3nnn[nH]3)cc2)c1=O. The van der Waals surface area contributed by atoms with Crippen LogP contribution in [0.1, 0.15) is 62.2 Å². The van der Waals surface area contributed by atoms with E-state index in [2.05, 4.69) is 64.8 Å². The normalized spacial score (nSPS) is 11.1. The first-order valence-corrected chi connectivity index (χ1v) is 12.1. The Morgan fingerprint density at radius 2 is 1.62 bits per heavy atom. The number of benzene rings is 2.